The molecule has 2 rings (SSSR count). The molecule has 1 unspecified atom stereocenters. The second-order valence-electron chi connectivity index (χ2n) is 5.34. The zero-order chi connectivity index (χ0) is 15.5. The zero-order valence-electron chi connectivity index (χ0n) is 11.9. The van der Waals surface area contributed by atoms with Gasteiger partial charge in [-0.2, -0.15) is 0 Å². The van der Waals surface area contributed by atoms with Crippen molar-refractivity contribution in [1.29, 1.82) is 0 Å². The van der Waals surface area contributed by atoms with Crippen molar-refractivity contribution >= 4 is 23.2 Å². The molecule has 0 aliphatic carbocycles. The van der Waals surface area contributed by atoms with Crippen LogP contribution in [0.25, 0.3) is 0 Å². The third-order valence-corrected chi connectivity index (χ3v) is 4.61. The summed E-state index contributed by atoms with van der Waals surface area (Å²) >= 11 is 1.32. The number of amides is 2. The van der Waals surface area contributed by atoms with Crippen molar-refractivity contribution < 1.29 is 14.7 Å². The third-order valence-electron chi connectivity index (χ3n) is 3.62. The number of thiophene rings is 1. The highest BCUT2D eigenvalue weighted by atomic mass is 32.1. The molecule has 0 saturated carbocycles. The lowest BCUT2D eigenvalue weighted by Gasteiger charge is -2.20. The summed E-state index contributed by atoms with van der Waals surface area (Å²) < 4.78 is 0. The summed E-state index contributed by atoms with van der Waals surface area (Å²) in [5.41, 5.74) is 4.76. The van der Waals surface area contributed by atoms with Crippen molar-refractivity contribution in [2.24, 2.45) is 11.1 Å². The Morgan fingerprint density at radius 1 is 1.52 bits per heavy atom. The van der Waals surface area contributed by atoms with Crippen LogP contribution in [-0.4, -0.2) is 41.5 Å². The van der Waals surface area contributed by atoms with Crippen LogP contribution in [0.3, 0.4) is 0 Å². The number of rotatable bonds is 3. The summed E-state index contributed by atoms with van der Waals surface area (Å²) in [7, 11) is 0. The number of nitrogens with zero attached hydrogens (tertiary/aromatic N) is 1. The number of primary amides is 1. The van der Waals surface area contributed by atoms with Crippen molar-refractivity contribution in [2.75, 3.05) is 19.7 Å². The van der Waals surface area contributed by atoms with Gasteiger partial charge in [-0.1, -0.05) is 11.8 Å². The van der Waals surface area contributed by atoms with E-state index in [0.29, 0.717) is 30.8 Å². The molecule has 0 aromatic carbocycles. The van der Waals surface area contributed by atoms with Crippen molar-refractivity contribution in [2.45, 2.75) is 19.8 Å². The standard InChI is InChI=1S/C15H18N2O3S/c1-15(14(16)20)7-8-17(10-15)13(19)12-6-5-11(21-12)4-2-3-9-18/h5-6,18H,3,7-10H2,1H3,(H2,16,20). The highest BCUT2D eigenvalue weighted by Gasteiger charge is 2.40. The molecule has 5 nitrogen and oxygen atoms in total. The predicted molar refractivity (Wildman–Crippen MR) is 80.7 cm³/mol. The van der Waals surface area contributed by atoms with Gasteiger partial charge in [-0.15, -0.1) is 11.3 Å². The molecule has 112 valence electrons. The second-order valence-corrected chi connectivity index (χ2v) is 6.42. The predicted octanol–water partition coefficient (Wildman–Crippen LogP) is 0.819. The van der Waals surface area contributed by atoms with E-state index in [9.17, 15) is 9.59 Å². The van der Waals surface area contributed by atoms with Crippen molar-refractivity contribution in [3.05, 3.63) is 21.9 Å². The topological polar surface area (TPSA) is 83.6 Å². The molecule has 6 heteroatoms. The van der Waals surface area contributed by atoms with Gasteiger partial charge in [0.1, 0.15) is 0 Å². The first-order valence-electron chi connectivity index (χ1n) is 6.75. The van der Waals surface area contributed by atoms with Gasteiger partial charge in [0.05, 0.1) is 21.8 Å². The zero-order valence-corrected chi connectivity index (χ0v) is 12.7. The van der Waals surface area contributed by atoms with Crippen LogP contribution in [-0.2, 0) is 4.79 Å². The van der Waals surface area contributed by atoms with Crippen LogP contribution in [0.5, 0.6) is 0 Å². The molecule has 3 N–H and O–H groups in total. The van der Waals surface area contributed by atoms with Crippen molar-refractivity contribution in [1.82, 2.24) is 4.90 Å². The summed E-state index contributed by atoms with van der Waals surface area (Å²) in [6.45, 7) is 2.73. The number of aliphatic hydroxyl groups excluding tert-OH is 1. The maximum Gasteiger partial charge on any atom is 0.263 e. The molecule has 2 heterocycles. The molecular formula is C15H18N2O3S. The van der Waals surface area contributed by atoms with E-state index in [-0.39, 0.29) is 18.4 Å². The lowest BCUT2D eigenvalue weighted by atomic mass is 9.89. The van der Waals surface area contributed by atoms with Crippen LogP contribution < -0.4 is 5.73 Å². The highest BCUT2D eigenvalue weighted by molar-refractivity contribution is 7.14. The van der Waals surface area contributed by atoms with E-state index in [0.717, 1.165) is 4.88 Å². The normalized spacial score (nSPS) is 21.0. The molecule has 21 heavy (non-hydrogen) atoms. The summed E-state index contributed by atoms with van der Waals surface area (Å²) in [6.07, 6.45) is 1.02. The molecule has 1 aliphatic heterocycles. The summed E-state index contributed by atoms with van der Waals surface area (Å²) in [5.74, 6) is 5.29. The first-order chi connectivity index (χ1) is 9.96. The van der Waals surface area contributed by atoms with Gasteiger partial charge in [-0.05, 0) is 25.5 Å². The Kier molecular flexibility index (Phi) is 4.66. The van der Waals surface area contributed by atoms with E-state index in [4.69, 9.17) is 10.8 Å². The minimum Gasteiger partial charge on any atom is -0.395 e. The van der Waals surface area contributed by atoms with Gasteiger partial charge in [0.25, 0.3) is 5.91 Å². The number of carbonyl (C=O) groups excluding carboxylic acids is 2. The molecule has 1 fully saturated rings. The molecule has 0 radical (unpaired) electrons. The fourth-order valence-electron chi connectivity index (χ4n) is 2.22. The quantitative estimate of drug-likeness (QED) is 0.811. The average Bonchev–Trinajstić information content (AvgIpc) is 3.06. The van der Waals surface area contributed by atoms with Crippen LogP contribution in [0.4, 0.5) is 0 Å². The Morgan fingerprint density at radius 2 is 2.29 bits per heavy atom. The third kappa shape index (κ3) is 3.43. The van der Waals surface area contributed by atoms with Gasteiger partial charge >= 0.3 is 0 Å². The van der Waals surface area contributed by atoms with Crippen LogP contribution in [0.1, 0.15) is 34.3 Å². The minimum absolute atomic E-state index is 0.0314. The molecular weight excluding hydrogens is 288 g/mol. The molecule has 2 amide bonds. The molecule has 1 aliphatic rings. The molecule has 1 atom stereocenters. The lowest BCUT2D eigenvalue weighted by molar-refractivity contribution is -0.126. The van der Waals surface area contributed by atoms with Gasteiger partial charge in [-0.25, -0.2) is 0 Å². The van der Waals surface area contributed by atoms with Gasteiger partial charge in [0.15, 0.2) is 0 Å². The average molecular weight is 306 g/mol. The van der Waals surface area contributed by atoms with E-state index in [2.05, 4.69) is 11.8 Å². The number of nitrogens with two attached hydrogens (primary N) is 1. The van der Waals surface area contributed by atoms with Crippen LogP contribution >= 0.6 is 11.3 Å². The van der Waals surface area contributed by atoms with E-state index in [1.165, 1.54) is 11.3 Å². The van der Waals surface area contributed by atoms with E-state index < -0.39 is 5.41 Å². The molecule has 0 bridgehead atoms. The number of aliphatic hydroxyl groups is 1. The largest absolute Gasteiger partial charge is 0.395 e. The van der Waals surface area contributed by atoms with Crippen molar-refractivity contribution in [3.63, 3.8) is 0 Å². The summed E-state index contributed by atoms with van der Waals surface area (Å²) in [6, 6.07) is 3.54. The Bertz CT molecular complexity index is 614. The number of carbonyl (C=O) groups is 2. The van der Waals surface area contributed by atoms with Crippen LogP contribution in [0.15, 0.2) is 12.1 Å². The Morgan fingerprint density at radius 3 is 2.90 bits per heavy atom. The monoisotopic (exact) mass is 306 g/mol. The van der Waals surface area contributed by atoms with Gasteiger partial charge in [-0.3, -0.25) is 9.59 Å². The smallest absolute Gasteiger partial charge is 0.263 e. The first-order valence-corrected chi connectivity index (χ1v) is 7.57. The second kappa shape index (κ2) is 6.29. The van der Waals surface area contributed by atoms with Crippen molar-refractivity contribution in [3.8, 4) is 11.8 Å². The number of likely N-dealkylation sites (tertiary alicyclic amines) is 1. The summed E-state index contributed by atoms with van der Waals surface area (Å²) in [5, 5.41) is 8.68. The SMILES string of the molecule is CC1(C(N)=O)CCN(C(=O)c2ccc(C#CCCO)s2)C1. The van der Waals surface area contributed by atoms with Gasteiger partial charge < -0.3 is 15.7 Å². The molecule has 1 aromatic rings. The molecule has 1 saturated heterocycles. The Hall–Kier alpha value is -1.84. The van der Waals surface area contributed by atoms with Crippen LogP contribution in [0, 0.1) is 17.3 Å². The van der Waals surface area contributed by atoms with E-state index in [1.54, 1.807) is 24.0 Å². The first kappa shape index (κ1) is 15.5. The van der Waals surface area contributed by atoms with Crippen LogP contribution in [0.2, 0.25) is 0 Å². The molecule has 0 spiro atoms. The molecule has 1 aromatic heterocycles. The Balaban J connectivity index is 2.05. The number of hydrogen-bond donors (Lipinski definition) is 2. The maximum absolute atomic E-state index is 12.4. The van der Waals surface area contributed by atoms with E-state index in [1.807, 2.05) is 0 Å². The highest BCUT2D eigenvalue weighted by Crippen LogP contribution is 2.31. The fourth-order valence-corrected chi connectivity index (χ4v) is 3.07. The lowest BCUT2D eigenvalue weighted by Crippen LogP contribution is -2.38. The summed E-state index contributed by atoms with van der Waals surface area (Å²) in [4.78, 5) is 26.9. The number of hydrogen-bond acceptors (Lipinski definition) is 4. The van der Waals surface area contributed by atoms with E-state index >= 15 is 0 Å². The minimum atomic E-state index is -0.628. The Labute approximate surface area is 127 Å². The van der Waals surface area contributed by atoms with Gasteiger partial charge in [0, 0.05) is 19.5 Å². The maximum atomic E-state index is 12.4. The van der Waals surface area contributed by atoms with Gasteiger partial charge in [0.2, 0.25) is 5.91 Å². The fraction of sp³-hybridized carbons (Fsp3) is 0.467.